The summed E-state index contributed by atoms with van der Waals surface area (Å²) in [4.78, 5) is 3.84. The van der Waals surface area contributed by atoms with E-state index in [0.29, 0.717) is 11.3 Å². The summed E-state index contributed by atoms with van der Waals surface area (Å²) < 4.78 is 13.0. The zero-order chi connectivity index (χ0) is 11.1. The van der Waals surface area contributed by atoms with Crippen molar-refractivity contribution >= 4 is 0 Å². The number of hydrazine groups is 1. The molecule has 0 aromatic carbocycles. The van der Waals surface area contributed by atoms with Crippen molar-refractivity contribution < 1.29 is 4.39 Å². The molecule has 0 aliphatic heterocycles. The average Bonchev–Trinajstić information content (AvgIpc) is 2.76. The predicted octanol–water partition coefficient (Wildman–Crippen LogP) is 1.77. The molecule has 0 radical (unpaired) electrons. The lowest BCUT2D eigenvalue weighted by molar-refractivity contribution is 0.420. The van der Waals surface area contributed by atoms with Gasteiger partial charge in [0.1, 0.15) is 5.82 Å². The molecule has 3 nitrogen and oxygen atoms in total. The first-order valence-electron chi connectivity index (χ1n) is 5.11. The molecule has 1 aliphatic carbocycles. The highest BCUT2D eigenvalue weighted by atomic mass is 19.1. The third-order valence-corrected chi connectivity index (χ3v) is 3.26. The van der Waals surface area contributed by atoms with Crippen LogP contribution in [-0.4, -0.2) is 4.98 Å². The fourth-order valence-electron chi connectivity index (χ4n) is 2.12. The van der Waals surface area contributed by atoms with Gasteiger partial charge in [0, 0.05) is 6.20 Å². The summed E-state index contributed by atoms with van der Waals surface area (Å²) in [5.74, 6) is 5.67. The van der Waals surface area contributed by atoms with Gasteiger partial charge in [0.2, 0.25) is 0 Å². The van der Waals surface area contributed by atoms with Crippen molar-refractivity contribution in [3.05, 3.63) is 29.8 Å². The van der Waals surface area contributed by atoms with Crippen molar-refractivity contribution in [2.45, 2.75) is 26.3 Å². The van der Waals surface area contributed by atoms with Gasteiger partial charge in [-0.25, -0.2) is 4.39 Å². The summed E-state index contributed by atoms with van der Waals surface area (Å²) in [6.45, 7) is 4.38. The molecule has 1 heterocycles. The van der Waals surface area contributed by atoms with E-state index in [1.165, 1.54) is 12.3 Å². The van der Waals surface area contributed by atoms with Gasteiger partial charge < -0.3 is 0 Å². The van der Waals surface area contributed by atoms with Crippen LogP contribution in [0.3, 0.4) is 0 Å². The van der Waals surface area contributed by atoms with Gasteiger partial charge in [-0.2, -0.15) is 0 Å². The fourth-order valence-corrected chi connectivity index (χ4v) is 2.12. The van der Waals surface area contributed by atoms with E-state index in [0.717, 1.165) is 12.0 Å². The minimum absolute atomic E-state index is 0.00296. The van der Waals surface area contributed by atoms with Crippen LogP contribution in [0.5, 0.6) is 0 Å². The Morgan fingerprint density at radius 3 is 2.73 bits per heavy atom. The minimum Gasteiger partial charge on any atom is -0.271 e. The number of hydrogen-bond acceptors (Lipinski definition) is 3. The molecule has 1 saturated carbocycles. The molecule has 2 atom stereocenters. The smallest absolute Gasteiger partial charge is 0.141 e. The molecule has 2 rings (SSSR count). The second-order valence-corrected chi connectivity index (χ2v) is 4.88. The van der Waals surface area contributed by atoms with Gasteiger partial charge >= 0.3 is 0 Å². The number of nitrogens with one attached hydrogen (secondary N) is 1. The van der Waals surface area contributed by atoms with Crippen LogP contribution >= 0.6 is 0 Å². The zero-order valence-corrected chi connectivity index (χ0v) is 9.00. The lowest BCUT2D eigenvalue weighted by Crippen LogP contribution is -2.30. The van der Waals surface area contributed by atoms with E-state index in [1.54, 1.807) is 6.20 Å². The van der Waals surface area contributed by atoms with Gasteiger partial charge in [-0.1, -0.05) is 13.8 Å². The standard InChI is InChI=1S/C11H16FN3/c1-11(2)4-9(11)10(15-13)7-3-8(12)6-14-5-7/h3,5-6,9-10,15H,4,13H2,1-2H3. The molecule has 3 N–H and O–H groups in total. The Labute approximate surface area is 88.9 Å². The number of halogens is 1. The van der Waals surface area contributed by atoms with Gasteiger partial charge in [0.05, 0.1) is 12.2 Å². The van der Waals surface area contributed by atoms with Gasteiger partial charge in [0.15, 0.2) is 0 Å². The van der Waals surface area contributed by atoms with Crippen LogP contribution in [0.4, 0.5) is 4.39 Å². The molecule has 1 fully saturated rings. The van der Waals surface area contributed by atoms with E-state index in [-0.39, 0.29) is 11.9 Å². The van der Waals surface area contributed by atoms with Gasteiger partial charge in [-0.3, -0.25) is 16.3 Å². The molecule has 0 amide bonds. The van der Waals surface area contributed by atoms with Crippen LogP contribution < -0.4 is 11.3 Å². The van der Waals surface area contributed by atoms with Crippen molar-refractivity contribution in [2.75, 3.05) is 0 Å². The van der Waals surface area contributed by atoms with Gasteiger partial charge in [-0.05, 0) is 29.4 Å². The van der Waals surface area contributed by atoms with Gasteiger partial charge in [-0.15, -0.1) is 0 Å². The number of rotatable bonds is 3. The van der Waals surface area contributed by atoms with Crippen LogP contribution in [0, 0.1) is 17.2 Å². The molecule has 82 valence electrons. The summed E-state index contributed by atoms with van der Waals surface area (Å²) in [6.07, 6.45) is 3.98. The van der Waals surface area contributed by atoms with Crippen molar-refractivity contribution in [1.82, 2.24) is 10.4 Å². The molecule has 0 spiro atoms. The molecular weight excluding hydrogens is 193 g/mol. The molecule has 1 aromatic heterocycles. The first-order valence-corrected chi connectivity index (χ1v) is 5.11. The SMILES string of the molecule is CC1(C)CC1C(NN)c1cncc(F)c1. The Bertz CT molecular complexity index is 365. The zero-order valence-electron chi connectivity index (χ0n) is 9.00. The van der Waals surface area contributed by atoms with E-state index >= 15 is 0 Å². The highest BCUT2D eigenvalue weighted by Crippen LogP contribution is 2.57. The third kappa shape index (κ3) is 2.01. The summed E-state index contributed by atoms with van der Waals surface area (Å²) in [7, 11) is 0. The minimum atomic E-state index is -0.314. The second kappa shape index (κ2) is 3.54. The number of nitrogens with two attached hydrogens (primary N) is 1. The Kier molecular flexibility index (Phi) is 2.48. The van der Waals surface area contributed by atoms with Crippen molar-refractivity contribution in [2.24, 2.45) is 17.2 Å². The Morgan fingerprint density at radius 1 is 1.60 bits per heavy atom. The highest BCUT2D eigenvalue weighted by molar-refractivity contribution is 5.20. The van der Waals surface area contributed by atoms with E-state index in [1.807, 2.05) is 0 Å². The fraction of sp³-hybridized carbons (Fsp3) is 0.545. The topological polar surface area (TPSA) is 50.9 Å². The lowest BCUT2D eigenvalue weighted by atomic mass is 9.99. The normalized spacial score (nSPS) is 24.9. The predicted molar refractivity (Wildman–Crippen MR) is 56.1 cm³/mol. The monoisotopic (exact) mass is 209 g/mol. The first-order chi connectivity index (χ1) is 7.04. The highest BCUT2D eigenvalue weighted by Gasteiger charge is 2.50. The molecule has 0 saturated heterocycles. The number of pyridine rings is 1. The maximum atomic E-state index is 13.0. The second-order valence-electron chi connectivity index (χ2n) is 4.88. The molecule has 2 unspecified atom stereocenters. The van der Waals surface area contributed by atoms with E-state index in [2.05, 4.69) is 24.3 Å². The molecule has 15 heavy (non-hydrogen) atoms. The first kappa shape index (κ1) is 10.5. The molecular formula is C11H16FN3. The van der Waals surface area contributed by atoms with E-state index < -0.39 is 0 Å². The van der Waals surface area contributed by atoms with Crippen LogP contribution in [0.2, 0.25) is 0 Å². The maximum absolute atomic E-state index is 13.0. The Balaban J connectivity index is 2.21. The third-order valence-electron chi connectivity index (χ3n) is 3.26. The van der Waals surface area contributed by atoms with Crippen molar-refractivity contribution in [3.63, 3.8) is 0 Å². The lowest BCUT2D eigenvalue weighted by Gasteiger charge is -2.17. The Hall–Kier alpha value is -1.00. The number of nitrogens with zero attached hydrogens (tertiary/aromatic N) is 1. The Morgan fingerprint density at radius 2 is 2.27 bits per heavy atom. The number of aromatic nitrogens is 1. The molecule has 4 heteroatoms. The molecule has 1 aliphatic rings. The summed E-state index contributed by atoms with van der Waals surface area (Å²) in [5.41, 5.74) is 3.88. The van der Waals surface area contributed by atoms with Crippen LogP contribution in [0.25, 0.3) is 0 Å². The molecule has 0 bridgehead atoms. The summed E-state index contributed by atoms with van der Waals surface area (Å²) in [6, 6.07) is 1.49. The average molecular weight is 209 g/mol. The quantitative estimate of drug-likeness (QED) is 0.589. The van der Waals surface area contributed by atoms with Crippen LogP contribution in [0.1, 0.15) is 31.9 Å². The molecule has 1 aromatic rings. The van der Waals surface area contributed by atoms with Gasteiger partial charge in [0.25, 0.3) is 0 Å². The largest absolute Gasteiger partial charge is 0.271 e. The maximum Gasteiger partial charge on any atom is 0.141 e. The van der Waals surface area contributed by atoms with Crippen molar-refractivity contribution in [3.8, 4) is 0 Å². The van der Waals surface area contributed by atoms with Crippen LogP contribution in [-0.2, 0) is 0 Å². The number of hydrogen-bond donors (Lipinski definition) is 2. The van der Waals surface area contributed by atoms with Crippen LogP contribution in [0.15, 0.2) is 18.5 Å². The van der Waals surface area contributed by atoms with E-state index in [9.17, 15) is 4.39 Å². The summed E-state index contributed by atoms with van der Waals surface area (Å²) >= 11 is 0. The van der Waals surface area contributed by atoms with Crippen molar-refractivity contribution in [1.29, 1.82) is 0 Å². The van der Waals surface area contributed by atoms with E-state index in [4.69, 9.17) is 5.84 Å². The summed E-state index contributed by atoms with van der Waals surface area (Å²) in [5, 5.41) is 0.